The third kappa shape index (κ3) is 3.26. The average Bonchev–Trinajstić information content (AvgIpc) is 2.00. The van der Waals surface area contributed by atoms with E-state index in [0.717, 1.165) is 6.42 Å². The van der Waals surface area contributed by atoms with E-state index in [0.29, 0.717) is 17.8 Å². The Kier molecular flexibility index (Phi) is 5.54. The van der Waals surface area contributed by atoms with Crippen LogP contribution in [0.25, 0.3) is 0 Å². The SMILES string of the molecule is CCCC1CC(C)CC(F)C1C.O. The highest BCUT2D eigenvalue weighted by Crippen LogP contribution is 2.37. The van der Waals surface area contributed by atoms with Crippen molar-refractivity contribution >= 4 is 0 Å². The van der Waals surface area contributed by atoms with Crippen LogP contribution < -0.4 is 0 Å². The maximum Gasteiger partial charge on any atom is 0.103 e. The lowest BCUT2D eigenvalue weighted by molar-refractivity contribution is 0.0821. The molecule has 1 fully saturated rings. The summed E-state index contributed by atoms with van der Waals surface area (Å²) in [5.74, 6) is 1.56. The van der Waals surface area contributed by atoms with Gasteiger partial charge in [-0.15, -0.1) is 0 Å². The van der Waals surface area contributed by atoms with Gasteiger partial charge in [0, 0.05) is 0 Å². The lowest BCUT2D eigenvalue weighted by atomic mass is 9.73. The van der Waals surface area contributed by atoms with Crippen molar-refractivity contribution < 1.29 is 9.87 Å². The van der Waals surface area contributed by atoms with Crippen molar-refractivity contribution in [3.05, 3.63) is 0 Å². The molecule has 0 aliphatic heterocycles. The summed E-state index contributed by atoms with van der Waals surface area (Å²) in [5.41, 5.74) is 0. The number of hydrogen-bond donors (Lipinski definition) is 0. The minimum Gasteiger partial charge on any atom is -0.412 e. The van der Waals surface area contributed by atoms with E-state index in [1.54, 1.807) is 0 Å². The molecule has 1 aliphatic carbocycles. The molecule has 0 aromatic heterocycles. The predicted octanol–water partition coefficient (Wildman–Crippen LogP) is 2.98. The van der Waals surface area contributed by atoms with Crippen LogP contribution in [0.1, 0.15) is 46.5 Å². The minimum absolute atomic E-state index is 0. The van der Waals surface area contributed by atoms with Gasteiger partial charge in [-0.05, 0) is 30.6 Å². The summed E-state index contributed by atoms with van der Waals surface area (Å²) in [6.07, 6.45) is 3.92. The molecule has 1 saturated carbocycles. The van der Waals surface area contributed by atoms with Crippen molar-refractivity contribution in [3.8, 4) is 0 Å². The molecule has 2 heteroatoms. The number of hydrogen-bond acceptors (Lipinski definition) is 0. The van der Waals surface area contributed by atoms with Gasteiger partial charge in [-0.2, -0.15) is 0 Å². The van der Waals surface area contributed by atoms with E-state index in [2.05, 4.69) is 20.8 Å². The van der Waals surface area contributed by atoms with Crippen LogP contribution in [0, 0.1) is 17.8 Å². The Morgan fingerprint density at radius 1 is 1.23 bits per heavy atom. The molecule has 0 saturated heterocycles. The second-order valence-corrected chi connectivity index (χ2v) is 4.50. The normalized spacial score (nSPS) is 39.7. The first kappa shape index (κ1) is 12.9. The smallest absolute Gasteiger partial charge is 0.103 e. The largest absolute Gasteiger partial charge is 0.412 e. The van der Waals surface area contributed by atoms with Gasteiger partial charge < -0.3 is 5.48 Å². The summed E-state index contributed by atoms with van der Waals surface area (Å²) in [7, 11) is 0. The summed E-state index contributed by atoms with van der Waals surface area (Å²) in [4.78, 5) is 0. The van der Waals surface area contributed by atoms with Gasteiger partial charge >= 0.3 is 0 Å². The van der Waals surface area contributed by atoms with E-state index in [9.17, 15) is 4.39 Å². The molecule has 0 aromatic carbocycles. The zero-order valence-electron chi connectivity index (χ0n) is 9.02. The fourth-order valence-electron chi connectivity index (χ4n) is 2.47. The van der Waals surface area contributed by atoms with E-state index in [1.807, 2.05) is 0 Å². The van der Waals surface area contributed by atoms with Crippen LogP contribution in [-0.4, -0.2) is 11.6 Å². The highest BCUT2D eigenvalue weighted by Gasteiger charge is 2.32. The Morgan fingerprint density at radius 2 is 1.85 bits per heavy atom. The summed E-state index contributed by atoms with van der Waals surface area (Å²) >= 11 is 0. The molecule has 80 valence electrons. The van der Waals surface area contributed by atoms with Crippen molar-refractivity contribution in [2.45, 2.75) is 52.6 Å². The molecule has 4 atom stereocenters. The van der Waals surface area contributed by atoms with Gasteiger partial charge in [0.1, 0.15) is 6.17 Å². The Balaban J connectivity index is 0.00000144. The van der Waals surface area contributed by atoms with Crippen molar-refractivity contribution in [1.82, 2.24) is 0 Å². The molecule has 0 bridgehead atoms. The fraction of sp³-hybridized carbons (Fsp3) is 1.00. The number of halogens is 1. The van der Waals surface area contributed by atoms with Gasteiger partial charge in [0.25, 0.3) is 0 Å². The summed E-state index contributed by atoms with van der Waals surface area (Å²) in [6.45, 7) is 6.46. The molecule has 1 rings (SSSR count). The molecule has 4 unspecified atom stereocenters. The monoisotopic (exact) mass is 190 g/mol. The van der Waals surface area contributed by atoms with Crippen LogP contribution >= 0.6 is 0 Å². The van der Waals surface area contributed by atoms with Gasteiger partial charge in [-0.3, -0.25) is 0 Å². The molecule has 2 N–H and O–H groups in total. The molecule has 1 aliphatic rings. The quantitative estimate of drug-likeness (QED) is 0.641. The Morgan fingerprint density at radius 3 is 2.38 bits per heavy atom. The first-order valence-electron chi connectivity index (χ1n) is 5.29. The maximum atomic E-state index is 13.4. The van der Waals surface area contributed by atoms with Gasteiger partial charge in [-0.25, -0.2) is 4.39 Å². The van der Waals surface area contributed by atoms with Crippen molar-refractivity contribution in [2.75, 3.05) is 0 Å². The van der Waals surface area contributed by atoms with E-state index in [1.165, 1.54) is 19.3 Å². The van der Waals surface area contributed by atoms with Crippen LogP contribution in [0.3, 0.4) is 0 Å². The second kappa shape index (κ2) is 5.58. The van der Waals surface area contributed by atoms with Crippen LogP contribution in [0.2, 0.25) is 0 Å². The fourth-order valence-corrected chi connectivity index (χ4v) is 2.47. The molecule has 0 radical (unpaired) electrons. The first-order valence-corrected chi connectivity index (χ1v) is 5.29. The zero-order valence-corrected chi connectivity index (χ0v) is 9.02. The number of alkyl halides is 1. The van der Waals surface area contributed by atoms with Crippen LogP contribution in [0.15, 0.2) is 0 Å². The second-order valence-electron chi connectivity index (χ2n) is 4.50. The van der Waals surface area contributed by atoms with Crippen molar-refractivity contribution in [2.24, 2.45) is 17.8 Å². The summed E-state index contributed by atoms with van der Waals surface area (Å²) in [5, 5.41) is 0. The average molecular weight is 190 g/mol. The maximum absolute atomic E-state index is 13.4. The molecule has 0 spiro atoms. The molecular weight excluding hydrogens is 167 g/mol. The molecule has 0 aromatic rings. The van der Waals surface area contributed by atoms with E-state index in [-0.39, 0.29) is 5.48 Å². The highest BCUT2D eigenvalue weighted by molar-refractivity contribution is 4.82. The topological polar surface area (TPSA) is 31.5 Å². The van der Waals surface area contributed by atoms with E-state index >= 15 is 0 Å². The minimum atomic E-state index is -0.537. The lowest BCUT2D eigenvalue weighted by Crippen LogP contribution is -2.31. The molecular formula is C11H23FO. The van der Waals surface area contributed by atoms with Crippen LogP contribution in [0.4, 0.5) is 4.39 Å². The van der Waals surface area contributed by atoms with Crippen molar-refractivity contribution in [1.29, 1.82) is 0 Å². The summed E-state index contributed by atoms with van der Waals surface area (Å²) < 4.78 is 13.4. The van der Waals surface area contributed by atoms with Gasteiger partial charge in [0.2, 0.25) is 0 Å². The standard InChI is InChI=1S/C11H21F.H2O/c1-4-5-10-6-8(2)7-11(12)9(10)3;/h8-11H,4-7H2,1-3H3;1H2. The molecule has 0 amide bonds. The summed E-state index contributed by atoms with van der Waals surface area (Å²) in [6, 6.07) is 0. The third-order valence-electron chi connectivity index (χ3n) is 3.31. The number of rotatable bonds is 2. The zero-order chi connectivity index (χ0) is 9.14. The van der Waals surface area contributed by atoms with Gasteiger partial charge in [0.05, 0.1) is 0 Å². The van der Waals surface area contributed by atoms with Crippen LogP contribution in [-0.2, 0) is 0 Å². The lowest BCUT2D eigenvalue weighted by Gasteiger charge is -2.35. The Hall–Kier alpha value is -0.110. The Labute approximate surface area is 81.0 Å². The molecule has 1 nitrogen and oxygen atoms in total. The molecule has 13 heavy (non-hydrogen) atoms. The third-order valence-corrected chi connectivity index (χ3v) is 3.31. The Bertz CT molecular complexity index is 138. The van der Waals surface area contributed by atoms with E-state index < -0.39 is 6.17 Å². The van der Waals surface area contributed by atoms with Gasteiger partial charge in [0.15, 0.2) is 0 Å². The molecule has 0 heterocycles. The highest BCUT2D eigenvalue weighted by atomic mass is 19.1. The van der Waals surface area contributed by atoms with Crippen molar-refractivity contribution in [3.63, 3.8) is 0 Å². The first-order chi connectivity index (χ1) is 5.65. The van der Waals surface area contributed by atoms with Gasteiger partial charge in [-0.1, -0.05) is 33.6 Å². The predicted molar refractivity (Wildman–Crippen MR) is 54.5 cm³/mol. The van der Waals surface area contributed by atoms with E-state index in [4.69, 9.17) is 0 Å². The van der Waals surface area contributed by atoms with Crippen LogP contribution in [0.5, 0.6) is 0 Å².